The lowest BCUT2D eigenvalue weighted by molar-refractivity contribution is -0.140. The van der Waals surface area contributed by atoms with E-state index in [1.165, 1.54) is 11.3 Å². The molecule has 0 spiro atoms. The summed E-state index contributed by atoms with van der Waals surface area (Å²) >= 11 is 1.25. The van der Waals surface area contributed by atoms with Gasteiger partial charge in [-0.3, -0.25) is 9.00 Å². The summed E-state index contributed by atoms with van der Waals surface area (Å²) in [6.45, 7) is 2.40. The van der Waals surface area contributed by atoms with E-state index in [1.807, 2.05) is 6.92 Å². The van der Waals surface area contributed by atoms with Crippen LogP contribution in [0.4, 0.5) is 0 Å². The Morgan fingerprint density at radius 3 is 3.11 bits per heavy atom. The van der Waals surface area contributed by atoms with Crippen LogP contribution in [-0.2, 0) is 20.3 Å². The number of nitrogens with zero attached hydrogens (tertiary/aromatic N) is 2. The minimum absolute atomic E-state index is 0.149. The number of carbonyl (C=O) groups excluding carboxylic acids is 1. The maximum Gasteiger partial charge on any atom is 0.319 e. The highest BCUT2D eigenvalue weighted by molar-refractivity contribution is 7.88. The van der Waals surface area contributed by atoms with Crippen LogP contribution in [0.2, 0.25) is 0 Å². The molecule has 5 nitrogen and oxygen atoms in total. The van der Waals surface area contributed by atoms with Crippen molar-refractivity contribution in [3.63, 3.8) is 0 Å². The fraction of sp³-hybridized carbons (Fsp3) is 0.417. The molecule has 0 radical (unpaired) electrons. The zero-order valence-corrected chi connectivity index (χ0v) is 12.1. The Morgan fingerprint density at radius 1 is 1.53 bits per heavy atom. The van der Waals surface area contributed by atoms with Gasteiger partial charge >= 0.3 is 5.97 Å². The molecule has 0 aromatic carbocycles. The van der Waals surface area contributed by atoms with Crippen molar-refractivity contribution in [1.29, 1.82) is 0 Å². The van der Waals surface area contributed by atoms with Crippen molar-refractivity contribution in [2.45, 2.75) is 24.1 Å². The Labute approximate surface area is 117 Å². The highest BCUT2D eigenvalue weighted by Crippen LogP contribution is 2.22. The van der Waals surface area contributed by atoms with Gasteiger partial charge in [-0.2, -0.15) is 0 Å². The summed E-state index contributed by atoms with van der Waals surface area (Å²) in [5.74, 6) is -0.595. The molecule has 1 atom stereocenters. The summed E-state index contributed by atoms with van der Waals surface area (Å²) in [6, 6.07) is 3.58. The second-order valence-corrected chi connectivity index (χ2v) is 6.47. The Morgan fingerprint density at radius 2 is 2.37 bits per heavy atom. The van der Waals surface area contributed by atoms with Gasteiger partial charge in [0.25, 0.3) is 0 Å². The normalized spacial score (nSPS) is 12.5. The standard InChI is InChI=1S/C12H14N2O3S2/c1-2-3-7-17-10(15)8-19(16)12-14-9-5-4-6-13-11(9)18-12/h4-6H,2-3,7-8H2,1H3. The van der Waals surface area contributed by atoms with E-state index < -0.39 is 16.8 Å². The van der Waals surface area contributed by atoms with E-state index in [9.17, 15) is 9.00 Å². The highest BCUT2D eigenvalue weighted by Gasteiger charge is 2.15. The number of esters is 1. The first kappa shape index (κ1) is 14.1. The molecule has 102 valence electrons. The number of ether oxygens (including phenoxy) is 1. The summed E-state index contributed by atoms with van der Waals surface area (Å²) in [6.07, 6.45) is 3.44. The van der Waals surface area contributed by atoms with Crippen molar-refractivity contribution in [2.24, 2.45) is 0 Å². The molecule has 0 aliphatic rings. The molecule has 0 bridgehead atoms. The van der Waals surface area contributed by atoms with Crippen molar-refractivity contribution in [1.82, 2.24) is 9.97 Å². The summed E-state index contributed by atoms with van der Waals surface area (Å²) in [5, 5.41) is 0. The lowest BCUT2D eigenvalue weighted by Gasteiger charge is -2.02. The predicted molar refractivity (Wildman–Crippen MR) is 74.6 cm³/mol. The first-order chi connectivity index (χ1) is 9.20. The molecular weight excluding hydrogens is 284 g/mol. The van der Waals surface area contributed by atoms with Gasteiger partial charge in [0.2, 0.25) is 0 Å². The zero-order chi connectivity index (χ0) is 13.7. The van der Waals surface area contributed by atoms with Crippen molar-refractivity contribution in [3.05, 3.63) is 18.3 Å². The van der Waals surface area contributed by atoms with E-state index in [4.69, 9.17) is 4.74 Å². The van der Waals surface area contributed by atoms with Crippen LogP contribution in [0.15, 0.2) is 22.7 Å². The third-order valence-electron chi connectivity index (χ3n) is 2.35. The van der Waals surface area contributed by atoms with Gasteiger partial charge in [-0.05, 0) is 18.6 Å². The molecular formula is C12H14N2O3S2. The molecule has 2 heterocycles. The Bertz CT molecular complexity index is 564. The van der Waals surface area contributed by atoms with Gasteiger partial charge in [0.15, 0.2) is 4.34 Å². The molecule has 0 saturated heterocycles. The Kier molecular flexibility index (Phi) is 4.98. The second kappa shape index (κ2) is 6.72. The van der Waals surface area contributed by atoms with E-state index in [0.717, 1.165) is 17.7 Å². The SMILES string of the molecule is CCCCOC(=O)CS(=O)c1nc2cccnc2s1. The van der Waals surface area contributed by atoms with E-state index in [-0.39, 0.29) is 5.75 Å². The van der Waals surface area contributed by atoms with Gasteiger partial charge in [0.05, 0.1) is 17.4 Å². The largest absolute Gasteiger partial charge is 0.465 e. The van der Waals surface area contributed by atoms with Crippen LogP contribution in [0.3, 0.4) is 0 Å². The molecule has 1 unspecified atom stereocenters. The number of pyridine rings is 1. The van der Waals surface area contributed by atoms with Gasteiger partial charge in [0, 0.05) is 6.20 Å². The van der Waals surface area contributed by atoms with Gasteiger partial charge in [-0.15, -0.1) is 0 Å². The van der Waals surface area contributed by atoms with Gasteiger partial charge < -0.3 is 4.74 Å². The number of aromatic nitrogens is 2. The maximum atomic E-state index is 12.0. The van der Waals surface area contributed by atoms with Gasteiger partial charge in [-0.1, -0.05) is 24.7 Å². The first-order valence-corrected chi connectivity index (χ1v) is 8.10. The molecule has 0 aliphatic heterocycles. The molecule has 19 heavy (non-hydrogen) atoms. The van der Waals surface area contributed by atoms with Crippen molar-refractivity contribution < 1.29 is 13.7 Å². The molecule has 2 aromatic rings. The van der Waals surface area contributed by atoms with Crippen LogP contribution in [-0.4, -0.2) is 32.5 Å². The minimum atomic E-state index is -1.46. The van der Waals surface area contributed by atoms with E-state index in [0.29, 0.717) is 16.5 Å². The quantitative estimate of drug-likeness (QED) is 0.603. The van der Waals surface area contributed by atoms with Crippen molar-refractivity contribution in [3.8, 4) is 0 Å². The van der Waals surface area contributed by atoms with Gasteiger partial charge in [0.1, 0.15) is 16.1 Å². The van der Waals surface area contributed by atoms with Crippen LogP contribution in [0.1, 0.15) is 19.8 Å². The first-order valence-electron chi connectivity index (χ1n) is 5.96. The molecule has 2 rings (SSSR count). The van der Waals surface area contributed by atoms with Crippen LogP contribution in [0.5, 0.6) is 0 Å². The number of hydrogen-bond acceptors (Lipinski definition) is 6. The highest BCUT2D eigenvalue weighted by atomic mass is 32.2. The summed E-state index contributed by atoms with van der Waals surface area (Å²) in [5.41, 5.74) is 0.704. The third kappa shape index (κ3) is 3.81. The Hall–Kier alpha value is -1.34. The summed E-state index contributed by atoms with van der Waals surface area (Å²) in [4.78, 5) is 20.5. The van der Waals surface area contributed by atoms with Crippen molar-refractivity contribution in [2.75, 3.05) is 12.4 Å². The lowest BCUT2D eigenvalue weighted by Crippen LogP contribution is -2.14. The predicted octanol–water partition coefficient (Wildman–Crippen LogP) is 2.14. The molecule has 0 saturated carbocycles. The van der Waals surface area contributed by atoms with Crippen LogP contribution < -0.4 is 0 Å². The number of rotatable bonds is 6. The molecule has 0 amide bonds. The van der Waals surface area contributed by atoms with E-state index in [2.05, 4.69) is 9.97 Å². The monoisotopic (exact) mass is 298 g/mol. The molecule has 2 aromatic heterocycles. The third-order valence-corrected chi connectivity index (χ3v) is 4.91. The van der Waals surface area contributed by atoms with Crippen molar-refractivity contribution >= 4 is 38.5 Å². The zero-order valence-electron chi connectivity index (χ0n) is 10.5. The number of hydrogen-bond donors (Lipinski definition) is 0. The summed E-state index contributed by atoms with van der Waals surface area (Å²) in [7, 11) is -1.46. The average Bonchev–Trinajstić information content (AvgIpc) is 2.83. The minimum Gasteiger partial charge on any atom is -0.465 e. The fourth-order valence-electron chi connectivity index (χ4n) is 1.39. The number of fused-ring (bicyclic) bond motifs is 1. The molecule has 0 aliphatic carbocycles. The van der Waals surface area contributed by atoms with Crippen LogP contribution in [0, 0.1) is 0 Å². The van der Waals surface area contributed by atoms with Crippen LogP contribution >= 0.6 is 11.3 Å². The average molecular weight is 298 g/mol. The number of thiazole rings is 1. The lowest BCUT2D eigenvalue weighted by atomic mass is 10.4. The van der Waals surface area contributed by atoms with Crippen LogP contribution in [0.25, 0.3) is 10.3 Å². The fourth-order valence-corrected chi connectivity index (χ4v) is 3.44. The maximum absolute atomic E-state index is 12.0. The number of unbranched alkanes of at least 4 members (excludes halogenated alkanes) is 1. The second-order valence-electron chi connectivity index (χ2n) is 3.87. The van der Waals surface area contributed by atoms with Gasteiger partial charge in [-0.25, -0.2) is 9.97 Å². The summed E-state index contributed by atoms with van der Waals surface area (Å²) < 4.78 is 17.4. The topological polar surface area (TPSA) is 69.2 Å². The smallest absolute Gasteiger partial charge is 0.319 e. The molecule has 7 heteroatoms. The van der Waals surface area contributed by atoms with E-state index in [1.54, 1.807) is 18.3 Å². The number of carbonyl (C=O) groups is 1. The molecule has 0 fully saturated rings. The molecule has 0 N–H and O–H groups in total. The Balaban J connectivity index is 1.97. The van der Waals surface area contributed by atoms with E-state index >= 15 is 0 Å².